The molecule has 1 aliphatic rings. The van der Waals surface area contributed by atoms with Crippen LogP contribution in [0.25, 0.3) is 0 Å². The van der Waals surface area contributed by atoms with Crippen molar-refractivity contribution in [2.75, 3.05) is 13.2 Å². The fourth-order valence-electron chi connectivity index (χ4n) is 2.19. The van der Waals surface area contributed by atoms with Gasteiger partial charge in [-0.2, -0.15) is 0 Å². The van der Waals surface area contributed by atoms with Crippen LogP contribution in [0.15, 0.2) is 18.2 Å². The molecular weight excluding hydrogens is 246 g/mol. The van der Waals surface area contributed by atoms with Crippen molar-refractivity contribution >= 4 is 11.9 Å². The Morgan fingerprint density at radius 1 is 1.37 bits per heavy atom. The van der Waals surface area contributed by atoms with Gasteiger partial charge in [-0.15, -0.1) is 0 Å². The molecule has 102 valence electrons. The van der Waals surface area contributed by atoms with Crippen molar-refractivity contribution in [2.45, 2.75) is 19.4 Å². The van der Waals surface area contributed by atoms with E-state index in [-0.39, 0.29) is 6.54 Å². The molecule has 1 aromatic carbocycles. The molecule has 0 radical (unpaired) electrons. The van der Waals surface area contributed by atoms with E-state index in [4.69, 9.17) is 10.5 Å². The van der Waals surface area contributed by atoms with E-state index in [0.717, 1.165) is 11.3 Å². The SMILES string of the molecule is CCOc1ccc(C2(CN)NC(=O)NC2=O)cc1C. The molecule has 1 aromatic rings. The molecular formula is C13H17N3O3. The lowest BCUT2D eigenvalue weighted by molar-refractivity contribution is -0.123. The summed E-state index contributed by atoms with van der Waals surface area (Å²) < 4.78 is 5.45. The molecule has 0 saturated carbocycles. The molecule has 1 unspecified atom stereocenters. The second-order valence-corrected chi connectivity index (χ2v) is 4.43. The second kappa shape index (κ2) is 4.89. The van der Waals surface area contributed by atoms with Gasteiger partial charge >= 0.3 is 6.03 Å². The summed E-state index contributed by atoms with van der Waals surface area (Å²) in [5, 5.41) is 4.81. The average Bonchev–Trinajstić information content (AvgIpc) is 2.67. The zero-order chi connectivity index (χ0) is 14.0. The molecule has 19 heavy (non-hydrogen) atoms. The van der Waals surface area contributed by atoms with Crippen LogP contribution in [0.5, 0.6) is 5.75 Å². The Kier molecular flexibility index (Phi) is 3.44. The molecule has 0 bridgehead atoms. The van der Waals surface area contributed by atoms with Crippen LogP contribution in [0.3, 0.4) is 0 Å². The highest BCUT2D eigenvalue weighted by Crippen LogP contribution is 2.28. The van der Waals surface area contributed by atoms with Gasteiger partial charge in [0, 0.05) is 6.54 Å². The number of nitrogens with one attached hydrogen (secondary N) is 2. The topological polar surface area (TPSA) is 93.4 Å². The third kappa shape index (κ3) is 2.15. The molecule has 6 nitrogen and oxygen atoms in total. The number of hydrogen-bond donors (Lipinski definition) is 3. The van der Waals surface area contributed by atoms with E-state index in [2.05, 4.69) is 10.6 Å². The molecule has 0 aromatic heterocycles. The van der Waals surface area contributed by atoms with E-state index < -0.39 is 17.5 Å². The maximum absolute atomic E-state index is 12.0. The summed E-state index contributed by atoms with van der Waals surface area (Å²) in [6, 6.07) is 4.81. The Bertz CT molecular complexity index is 530. The predicted molar refractivity (Wildman–Crippen MR) is 69.8 cm³/mol. The molecule has 3 amide bonds. The van der Waals surface area contributed by atoms with Crippen LogP contribution in [0.1, 0.15) is 18.1 Å². The highest BCUT2D eigenvalue weighted by atomic mass is 16.5. The van der Waals surface area contributed by atoms with Crippen LogP contribution in [0, 0.1) is 6.92 Å². The van der Waals surface area contributed by atoms with Crippen LogP contribution in [-0.2, 0) is 10.3 Å². The molecule has 0 spiro atoms. The van der Waals surface area contributed by atoms with E-state index in [0.29, 0.717) is 12.2 Å². The van der Waals surface area contributed by atoms with E-state index in [1.165, 1.54) is 0 Å². The van der Waals surface area contributed by atoms with Gasteiger partial charge in [0.1, 0.15) is 5.75 Å². The number of urea groups is 1. The number of carbonyl (C=O) groups is 2. The molecule has 1 fully saturated rings. The summed E-state index contributed by atoms with van der Waals surface area (Å²) in [5.74, 6) is 0.326. The number of rotatable bonds is 4. The van der Waals surface area contributed by atoms with Crippen LogP contribution in [0.4, 0.5) is 4.79 Å². The van der Waals surface area contributed by atoms with Crippen molar-refractivity contribution in [1.82, 2.24) is 10.6 Å². The molecule has 1 atom stereocenters. The zero-order valence-electron chi connectivity index (χ0n) is 10.9. The number of carbonyl (C=O) groups excluding carboxylic acids is 2. The van der Waals surface area contributed by atoms with Gasteiger partial charge in [0.2, 0.25) is 0 Å². The number of ether oxygens (including phenoxy) is 1. The van der Waals surface area contributed by atoms with Gasteiger partial charge < -0.3 is 15.8 Å². The third-order valence-electron chi connectivity index (χ3n) is 3.22. The first-order valence-electron chi connectivity index (χ1n) is 6.11. The van der Waals surface area contributed by atoms with Gasteiger partial charge in [-0.3, -0.25) is 10.1 Å². The van der Waals surface area contributed by atoms with Gasteiger partial charge in [-0.25, -0.2) is 4.79 Å². The molecule has 1 saturated heterocycles. The standard InChI is InChI=1S/C13H17N3O3/c1-3-19-10-5-4-9(6-8(10)2)13(7-14)11(17)15-12(18)16-13/h4-6H,3,7,14H2,1-2H3,(H2,15,16,17,18). The fourth-order valence-corrected chi connectivity index (χ4v) is 2.19. The summed E-state index contributed by atoms with van der Waals surface area (Å²) in [6.07, 6.45) is 0. The minimum Gasteiger partial charge on any atom is -0.494 e. The van der Waals surface area contributed by atoms with E-state index in [1.54, 1.807) is 12.1 Å². The second-order valence-electron chi connectivity index (χ2n) is 4.43. The maximum Gasteiger partial charge on any atom is 0.322 e. The third-order valence-corrected chi connectivity index (χ3v) is 3.22. The first-order valence-corrected chi connectivity index (χ1v) is 6.11. The van der Waals surface area contributed by atoms with E-state index in [1.807, 2.05) is 19.9 Å². The summed E-state index contributed by atoms with van der Waals surface area (Å²) >= 11 is 0. The van der Waals surface area contributed by atoms with Crippen molar-refractivity contribution in [3.63, 3.8) is 0 Å². The van der Waals surface area contributed by atoms with E-state index in [9.17, 15) is 9.59 Å². The Morgan fingerprint density at radius 2 is 2.11 bits per heavy atom. The van der Waals surface area contributed by atoms with Crippen molar-refractivity contribution in [3.8, 4) is 5.75 Å². The molecule has 1 aliphatic heterocycles. The molecule has 1 heterocycles. The quantitative estimate of drug-likeness (QED) is 0.685. The van der Waals surface area contributed by atoms with Crippen molar-refractivity contribution < 1.29 is 14.3 Å². The summed E-state index contributed by atoms with van der Waals surface area (Å²) in [5.41, 5.74) is 6.05. The Morgan fingerprint density at radius 3 is 2.58 bits per heavy atom. The predicted octanol–water partition coefficient (Wildman–Crippen LogP) is 0.387. The highest BCUT2D eigenvalue weighted by Gasteiger charge is 2.46. The first-order chi connectivity index (χ1) is 9.03. The summed E-state index contributed by atoms with van der Waals surface area (Å²) in [4.78, 5) is 23.3. The number of benzene rings is 1. The number of hydrogen-bond acceptors (Lipinski definition) is 4. The van der Waals surface area contributed by atoms with Crippen LogP contribution >= 0.6 is 0 Å². The molecule has 0 aliphatic carbocycles. The zero-order valence-corrected chi connectivity index (χ0v) is 10.9. The van der Waals surface area contributed by atoms with Gasteiger partial charge in [-0.05, 0) is 37.1 Å². The fraction of sp³-hybridized carbons (Fsp3) is 0.385. The largest absolute Gasteiger partial charge is 0.494 e. The number of amides is 3. The lowest BCUT2D eigenvalue weighted by Crippen LogP contribution is -2.49. The average molecular weight is 263 g/mol. The molecule has 2 rings (SSSR count). The van der Waals surface area contributed by atoms with E-state index >= 15 is 0 Å². The smallest absolute Gasteiger partial charge is 0.322 e. The number of imide groups is 1. The van der Waals surface area contributed by atoms with Gasteiger partial charge in [0.25, 0.3) is 5.91 Å². The Hall–Kier alpha value is -2.08. The highest BCUT2D eigenvalue weighted by molar-refractivity contribution is 6.07. The Balaban J connectivity index is 2.42. The summed E-state index contributed by atoms with van der Waals surface area (Å²) in [7, 11) is 0. The lowest BCUT2D eigenvalue weighted by Gasteiger charge is -2.25. The number of nitrogens with two attached hydrogens (primary N) is 1. The van der Waals surface area contributed by atoms with Crippen molar-refractivity contribution in [1.29, 1.82) is 0 Å². The maximum atomic E-state index is 12.0. The van der Waals surface area contributed by atoms with Gasteiger partial charge in [0.05, 0.1) is 6.61 Å². The molecule has 6 heteroatoms. The van der Waals surface area contributed by atoms with Crippen LogP contribution < -0.4 is 21.1 Å². The molecule has 4 N–H and O–H groups in total. The van der Waals surface area contributed by atoms with Crippen LogP contribution in [-0.4, -0.2) is 25.1 Å². The van der Waals surface area contributed by atoms with Crippen molar-refractivity contribution in [2.24, 2.45) is 5.73 Å². The first kappa shape index (κ1) is 13.4. The summed E-state index contributed by atoms with van der Waals surface area (Å²) in [6.45, 7) is 4.35. The van der Waals surface area contributed by atoms with Crippen LogP contribution in [0.2, 0.25) is 0 Å². The monoisotopic (exact) mass is 263 g/mol. The van der Waals surface area contributed by atoms with Gasteiger partial charge in [0.15, 0.2) is 5.54 Å². The van der Waals surface area contributed by atoms with Gasteiger partial charge in [-0.1, -0.05) is 6.07 Å². The normalized spacial score (nSPS) is 22.1. The minimum atomic E-state index is -1.19. The minimum absolute atomic E-state index is 0.00199. The lowest BCUT2D eigenvalue weighted by atomic mass is 9.89. The van der Waals surface area contributed by atoms with Crippen molar-refractivity contribution in [3.05, 3.63) is 29.3 Å². The Labute approximate surface area is 111 Å². The number of aryl methyl sites for hydroxylation is 1.